The molecular formula is C88H80BrF15N8O8. The van der Waals surface area contributed by atoms with Crippen LogP contribution in [0.5, 0.6) is 0 Å². The molecule has 0 amide bonds. The highest BCUT2D eigenvalue weighted by Crippen LogP contribution is 2.43. The average molecular weight is 1740 g/mol. The molecule has 12 rings (SSSR count). The van der Waals surface area contributed by atoms with Gasteiger partial charge in [-0.15, -0.1) is 0 Å². The van der Waals surface area contributed by atoms with E-state index in [1.165, 1.54) is 82.3 Å². The first kappa shape index (κ1) is 92.7. The van der Waals surface area contributed by atoms with E-state index < -0.39 is 140 Å². The largest absolute Gasteiger partial charge is 0.407 e. The maximum atomic E-state index is 14.1. The first-order chi connectivity index (χ1) is 56.0. The van der Waals surface area contributed by atoms with Crippen molar-refractivity contribution in [3.05, 3.63) is 280 Å². The van der Waals surface area contributed by atoms with Crippen LogP contribution in [-0.4, -0.2) is 118 Å². The predicted molar refractivity (Wildman–Crippen MR) is 424 cm³/mol. The number of carbonyl (C=O) groups excluding carboxylic acids is 4. The van der Waals surface area contributed by atoms with Crippen LogP contribution in [0.3, 0.4) is 0 Å². The molecule has 632 valence electrons. The zero-order valence-corrected chi connectivity index (χ0v) is 66.6. The molecule has 0 aromatic heterocycles. The summed E-state index contributed by atoms with van der Waals surface area (Å²) < 4.78 is 200. The van der Waals surface area contributed by atoms with E-state index in [4.69, 9.17) is 26.3 Å². The average Bonchev–Trinajstić information content (AvgIpc) is 0.795. The summed E-state index contributed by atoms with van der Waals surface area (Å²) in [6, 6.07) is 31.6. The second-order valence-electron chi connectivity index (χ2n) is 30.5. The van der Waals surface area contributed by atoms with Crippen molar-refractivity contribution < 1.29 is 105 Å². The number of benzene rings is 8. The quantitative estimate of drug-likeness (QED) is 0.0420. The Balaban J connectivity index is 0.000000182. The van der Waals surface area contributed by atoms with Crippen LogP contribution in [0.15, 0.2) is 150 Å². The molecule has 0 unspecified atom stereocenters. The molecule has 16 nitrogen and oxygen atoms in total. The number of aryl methyl sites for hydroxylation is 3. The van der Waals surface area contributed by atoms with Crippen LogP contribution < -0.4 is 19.6 Å². The van der Waals surface area contributed by atoms with Crippen molar-refractivity contribution in [1.82, 2.24) is 0 Å². The van der Waals surface area contributed by atoms with Gasteiger partial charge in [0.2, 0.25) is 0 Å². The van der Waals surface area contributed by atoms with Crippen molar-refractivity contribution in [1.29, 1.82) is 0 Å². The van der Waals surface area contributed by atoms with Crippen molar-refractivity contribution in [2.75, 3.05) is 72.0 Å². The topological polar surface area (TPSA) is 180 Å². The molecule has 8 aromatic carbocycles. The molecule has 32 heteroatoms. The number of anilines is 4. The smallest absolute Gasteiger partial charge is 0.380 e. The van der Waals surface area contributed by atoms with Crippen molar-refractivity contribution >= 4 is 84.6 Å². The van der Waals surface area contributed by atoms with Gasteiger partial charge in [-0.1, -0.05) is 101 Å². The van der Waals surface area contributed by atoms with E-state index in [-0.39, 0.29) is 66.5 Å². The van der Waals surface area contributed by atoms with E-state index in [1.54, 1.807) is 39.0 Å². The fourth-order valence-corrected chi connectivity index (χ4v) is 15.0. The number of nitrogens with zero attached hydrogens (tertiary/aromatic N) is 8. The lowest BCUT2D eigenvalue weighted by Crippen LogP contribution is -2.49. The summed E-state index contributed by atoms with van der Waals surface area (Å²) in [6.45, 7) is 35.0. The number of halogens is 16. The third kappa shape index (κ3) is 23.5. The number of β-amino-alcohol motifs (C(OH)–C–C–N with tert-alkyl or cyclic N) is 4. The van der Waals surface area contributed by atoms with Gasteiger partial charge in [-0.3, -0.25) is 19.2 Å². The Labute approximate surface area is 690 Å². The molecule has 4 aliphatic heterocycles. The summed E-state index contributed by atoms with van der Waals surface area (Å²) in [4.78, 5) is 69.6. The van der Waals surface area contributed by atoms with E-state index in [0.29, 0.717) is 62.4 Å². The molecule has 0 radical (unpaired) electrons. The molecule has 4 aliphatic rings. The third-order valence-corrected chi connectivity index (χ3v) is 21.4. The highest BCUT2D eigenvalue weighted by molar-refractivity contribution is 9.10. The van der Waals surface area contributed by atoms with Gasteiger partial charge in [-0.05, 0) is 179 Å². The van der Waals surface area contributed by atoms with Gasteiger partial charge in [-0.25, -0.2) is 32.6 Å². The minimum absolute atomic E-state index is 0.0483. The highest BCUT2D eigenvalue weighted by Gasteiger charge is 2.43. The van der Waals surface area contributed by atoms with Crippen LogP contribution >= 0.6 is 15.9 Å². The second kappa shape index (κ2) is 37.7. The standard InChI is InChI=1S/C22H20BrF3N2O2.3C22H20F4N2O2/c1-21(30,13-28-9-3-4-15-12-16(23)6-8-19(15)28)20(29)11-14-5-7-18(27-2)17(10-14)22(24,25)26;1-21(30,13-28-10-4-5-15-17(23)6-3-7-19(15)28)20(29)12-14-8-9-18(27-2)16(11-14)22(24,25)26;1-21(30,13-28-9-3-4-15-6-7-16(23)12-19(15)28)20(29)11-14-5-8-18(27-2)17(10-14)22(24,25)26;1-21(30,13-28-9-3-4-15-12-16(23)6-8-19(15)28)20(29)11-14-5-7-18(27-2)17(10-14)22(24,25)26/h5-8,10,12,30H,3-4,9,11,13H2,1H3;3,6-9,11,30H,4-5,10,12-13H2,1H3;2*5-8,10,12,30H,3-4,9,11,13H2,1H3/t4*21-/m0000/s1. The zero-order chi connectivity index (χ0) is 88.4. The van der Waals surface area contributed by atoms with E-state index >= 15 is 0 Å². The van der Waals surface area contributed by atoms with Crippen molar-refractivity contribution in [2.24, 2.45) is 0 Å². The molecule has 0 fully saturated rings. The number of carbonyl (C=O) groups is 4. The first-order valence-corrected chi connectivity index (χ1v) is 38.3. The Hall–Kier alpha value is -11.1. The van der Waals surface area contributed by atoms with Crippen molar-refractivity contribution in [2.45, 2.75) is 152 Å². The van der Waals surface area contributed by atoms with Crippen LogP contribution in [-0.2, 0) is 95.2 Å². The van der Waals surface area contributed by atoms with E-state index in [9.17, 15) is 105 Å². The molecule has 4 N–H and O–H groups in total. The molecule has 0 bridgehead atoms. The molecular weight excluding hydrogens is 1660 g/mol. The number of rotatable bonds is 20. The van der Waals surface area contributed by atoms with E-state index in [1.807, 2.05) is 23.1 Å². The number of Topliss-reactive ketones (excluding diaryl/α,β-unsaturated/α-hetero) is 4. The Morgan fingerprint density at radius 2 is 0.658 bits per heavy atom. The van der Waals surface area contributed by atoms with E-state index in [0.717, 1.165) is 113 Å². The highest BCUT2D eigenvalue weighted by atomic mass is 79.9. The van der Waals surface area contributed by atoms with Crippen LogP contribution in [0.1, 0.15) is 120 Å². The molecule has 0 saturated carbocycles. The lowest BCUT2D eigenvalue weighted by Gasteiger charge is -2.36. The maximum Gasteiger partial charge on any atom is 0.407 e. The number of fused-ring (bicyclic) bond motifs is 4. The Bertz CT molecular complexity index is 5080. The lowest BCUT2D eigenvalue weighted by atomic mass is 9.92. The summed E-state index contributed by atoms with van der Waals surface area (Å²) >= 11 is 3.44. The monoisotopic (exact) mass is 1740 g/mol. The fourth-order valence-electron chi connectivity index (χ4n) is 14.6. The number of aliphatic hydroxyl groups is 4. The van der Waals surface area contributed by atoms with Crippen LogP contribution in [0.25, 0.3) is 19.4 Å². The van der Waals surface area contributed by atoms with Gasteiger partial charge in [0.15, 0.2) is 45.9 Å². The molecule has 8 aromatic rings. The van der Waals surface area contributed by atoms with Crippen LogP contribution in [0.4, 0.5) is 111 Å². The summed E-state index contributed by atoms with van der Waals surface area (Å²) in [5.74, 6) is -3.66. The minimum Gasteiger partial charge on any atom is -0.380 e. The number of ketones is 4. The molecule has 120 heavy (non-hydrogen) atoms. The molecule has 4 heterocycles. The van der Waals surface area contributed by atoms with Gasteiger partial charge >= 0.3 is 24.7 Å². The zero-order valence-electron chi connectivity index (χ0n) is 65.0. The van der Waals surface area contributed by atoms with Gasteiger partial charge in [0.05, 0.1) is 74.7 Å². The summed E-state index contributed by atoms with van der Waals surface area (Å²) in [7, 11) is 0. The second-order valence-corrected chi connectivity index (χ2v) is 31.4. The molecule has 0 spiro atoms. The SMILES string of the molecule is [C-]#[N+]c1ccc(CC(=O)[C@@](C)(O)CN2CCCc3c(F)cccc32)cc1C(F)(F)F.[C-]#[N+]c1ccc(CC(=O)[C@@](C)(O)CN2CCCc3cc(Br)ccc32)cc1C(F)(F)F.[C-]#[N+]c1ccc(CC(=O)[C@@](C)(O)CN2CCCc3cc(F)ccc32)cc1C(F)(F)F.[C-]#[N+]c1ccc(CC(=O)[C@@](C)(O)CN2CCCc3ccc(F)cc32)cc1C(F)(F)F. The van der Waals surface area contributed by atoms with E-state index in [2.05, 4.69) is 35.3 Å². The first-order valence-electron chi connectivity index (χ1n) is 37.5. The predicted octanol–water partition coefficient (Wildman–Crippen LogP) is 19.5. The van der Waals surface area contributed by atoms with Gasteiger partial charge in [0.25, 0.3) is 0 Å². The Morgan fingerprint density at radius 3 is 1.01 bits per heavy atom. The summed E-state index contributed by atoms with van der Waals surface area (Å²) in [6.07, 6.45) is -14.5. The lowest BCUT2D eigenvalue weighted by molar-refractivity contribution is -0.137. The third-order valence-electron chi connectivity index (χ3n) is 20.9. The summed E-state index contributed by atoms with van der Waals surface area (Å²) in [5, 5.41) is 43.1. The minimum atomic E-state index is -4.72. The summed E-state index contributed by atoms with van der Waals surface area (Å²) in [5.41, 5.74) is -7.26. The van der Waals surface area contributed by atoms with Gasteiger partial charge in [0.1, 0.15) is 39.9 Å². The number of hydrogen-bond donors (Lipinski definition) is 4. The Kier molecular flexibility index (Phi) is 29.1. The molecule has 4 atom stereocenters. The molecule has 0 aliphatic carbocycles. The fraction of sp³-hybridized carbons (Fsp3) is 0.364. The van der Waals surface area contributed by atoms with Crippen molar-refractivity contribution in [3.63, 3.8) is 0 Å². The maximum absolute atomic E-state index is 14.1. The number of alkyl halides is 12. The normalized spacial score (nSPS) is 15.8. The van der Waals surface area contributed by atoms with Gasteiger partial charge in [0, 0.05) is 84.6 Å². The van der Waals surface area contributed by atoms with Gasteiger partial charge in [-0.2, -0.15) is 52.7 Å². The van der Waals surface area contributed by atoms with Gasteiger partial charge < -0.3 is 40.0 Å². The molecule has 0 saturated heterocycles. The van der Waals surface area contributed by atoms with Crippen molar-refractivity contribution in [3.8, 4) is 0 Å². The Morgan fingerprint density at radius 1 is 0.358 bits per heavy atom. The number of hydrogen-bond acceptors (Lipinski definition) is 12. The van der Waals surface area contributed by atoms with Crippen LogP contribution in [0, 0.1) is 43.7 Å². The van der Waals surface area contributed by atoms with Crippen LogP contribution in [0.2, 0.25) is 0 Å².